The lowest BCUT2D eigenvalue weighted by Crippen LogP contribution is -2.29. The van der Waals surface area contributed by atoms with Gasteiger partial charge in [0.1, 0.15) is 0 Å². The summed E-state index contributed by atoms with van der Waals surface area (Å²) in [6, 6.07) is 11.6. The zero-order chi connectivity index (χ0) is 13.7. The highest BCUT2D eigenvalue weighted by atomic mass is 35.5. The Morgan fingerprint density at radius 2 is 2.21 bits per heavy atom. The lowest BCUT2D eigenvalue weighted by atomic mass is 10.0. The highest BCUT2D eigenvalue weighted by Crippen LogP contribution is 2.20. The molecule has 1 aromatic carbocycles. The van der Waals surface area contributed by atoms with E-state index in [4.69, 9.17) is 11.6 Å². The lowest BCUT2D eigenvalue weighted by Gasteiger charge is -2.17. The molecule has 0 bridgehead atoms. The summed E-state index contributed by atoms with van der Waals surface area (Å²) in [6.07, 6.45) is 1.28. The van der Waals surface area contributed by atoms with Gasteiger partial charge in [-0.1, -0.05) is 36.7 Å². The minimum atomic E-state index is 0.0196. The Hall–Kier alpha value is -1.32. The fourth-order valence-corrected chi connectivity index (χ4v) is 2.86. The highest BCUT2D eigenvalue weighted by molar-refractivity contribution is 7.10. The van der Waals surface area contributed by atoms with Gasteiger partial charge in [-0.3, -0.25) is 4.79 Å². The Bertz CT molecular complexity index is 539. The second-order valence-electron chi connectivity index (χ2n) is 4.34. The number of carbonyl (C=O) groups is 1. The molecule has 1 heterocycles. The molecule has 1 aromatic heterocycles. The molecular weight excluding hydrogens is 278 g/mol. The molecule has 0 aliphatic heterocycles. The minimum absolute atomic E-state index is 0.0196. The Morgan fingerprint density at radius 3 is 2.84 bits per heavy atom. The zero-order valence-electron chi connectivity index (χ0n) is 10.7. The molecule has 2 nitrogen and oxygen atoms in total. The summed E-state index contributed by atoms with van der Waals surface area (Å²) in [7, 11) is 0. The maximum absolute atomic E-state index is 12.0. The summed E-state index contributed by atoms with van der Waals surface area (Å²) in [4.78, 5) is 13.1. The Labute approximate surface area is 122 Å². The van der Waals surface area contributed by atoms with E-state index in [9.17, 15) is 4.79 Å². The van der Waals surface area contributed by atoms with Crippen LogP contribution >= 0.6 is 22.9 Å². The topological polar surface area (TPSA) is 29.1 Å². The summed E-state index contributed by atoms with van der Waals surface area (Å²) in [5.74, 6) is 0.0503. The molecule has 0 radical (unpaired) electrons. The van der Waals surface area contributed by atoms with Crippen LogP contribution in [0.1, 0.15) is 29.8 Å². The average Bonchev–Trinajstić information content (AvgIpc) is 2.88. The summed E-state index contributed by atoms with van der Waals surface area (Å²) in [6.45, 7) is 2.05. The first-order chi connectivity index (χ1) is 9.19. The van der Waals surface area contributed by atoms with Gasteiger partial charge in [-0.15, -0.1) is 11.3 Å². The van der Waals surface area contributed by atoms with Crippen molar-refractivity contribution in [3.8, 4) is 0 Å². The van der Waals surface area contributed by atoms with Gasteiger partial charge in [-0.25, -0.2) is 0 Å². The van der Waals surface area contributed by atoms with Crippen LogP contribution in [0.4, 0.5) is 0 Å². The lowest BCUT2D eigenvalue weighted by molar-refractivity contribution is -0.121. The van der Waals surface area contributed by atoms with E-state index in [1.807, 2.05) is 41.8 Å². The summed E-state index contributed by atoms with van der Waals surface area (Å²) < 4.78 is 0. The molecule has 0 saturated carbocycles. The standard InChI is InChI=1S/C15H16ClNOS/c1-2-14(11-5-3-6-12(16)9-11)17-15(18)10-13-7-4-8-19-13/h3-9,14H,2,10H2,1H3,(H,17,18). The van der Waals surface area contributed by atoms with Crippen LogP contribution in [0.25, 0.3) is 0 Å². The number of halogens is 1. The van der Waals surface area contributed by atoms with Crippen molar-refractivity contribution in [1.29, 1.82) is 0 Å². The van der Waals surface area contributed by atoms with Gasteiger partial charge >= 0.3 is 0 Å². The maximum Gasteiger partial charge on any atom is 0.225 e. The van der Waals surface area contributed by atoms with Crippen LogP contribution in [0.3, 0.4) is 0 Å². The van der Waals surface area contributed by atoms with E-state index in [0.717, 1.165) is 16.9 Å². The third-order valence-electron chi connectivity index (χ3n) is 2.91. The van der Waals surface area contributed by atoms with Crippen molar-refractivity contribution in [2.24, 2.45) is 0 Å². The number of carbonyl (C=O) groups excluding carboxylic acids is 1. The van der Waals surface area contributed by atoms with Crippen molar-refractivity contribution < 1.29 is 4.79 Å². The van der Waals surface area contributed by atoms with Crippen LogP contribution in [0, 0.1) is 0 Å². The average molecular weight is 294 g/mol. The number of amides is 1. The largest absolute Gasteiger partial charge is 0.349 e. The molecule has 1 N–H and O–H groups in total. The first kappa shape index (κ1) is 14.1. The van der Waals surface area contributed by atoms with E-state index in [0.29, 0.717) is 11.4 Å². The van der Waals surface area contributed by atoms with Crippen molar-refractivity contribution in [3.63, 3.8) is 0 Å². The maximum atomic E-state index is 12.0. The molecule has 4 heteroatoms. The van der Waals surface area contributed by atoms with E-state index in [1.165, 1.54) is 0 Å². The predicted molar refractivity (Wildman–Crippen MR) is 80.6 cm³/mol. The van der Waals surface area contributed by atoms with Crippen molar-refractivity contribution in [1.82, 2.24) is 5.32 Å². The second kappa shape index (κ2) is 6.73. The van der Waals surface area contributed by atoms with Gasteiger partial charge in [0, 0.05) is 9.90 Å². The highest BCUT2D eigenvalue weighted by Gasteiger charge is 2.13. The van der Waals surface area contributed by atoms with Crippen LogP contribution in [0.15, 0.2) is 41.8 Å². The number of nitrogens with one attached hydrogen (secondary N) is 1. The SMILES string of the molecule is CCC(NC(=O)Cc1cccs1)c1cccc(Cl)c1. The molecule has 0 spiro atoms. The molecule has 19 heavy (non-hydrogen) atoms. The molecule has 0 fully saturated rings. The molecule has 0 saturated heterocycles. The molecule has 1 unspecified atom stereocenters. The van der Waals surface area contributed by atoms with Crippen molar-refractivity contribution in [2.45, 2.75) is 25.8 Å². The van der Waals surface area contributed by atoms with Gasteiger partial charge in [0.2, 0.25) is 5.91 Å². The molecule has 2 aromatic rings. The fourth-order valence-electron chi connectivity index (χ4n) is 1.96. The Kier molecular flexibility index (Phi) is 5.00. The second-order valence-corrected chi connectivity index (χ2v) is 5.81. The Balaban J connectivity index is 2.01. The van der Waals surface area contributed by atoms with Gasteiger partial charge < -0.3 is 5.32 Å². The number of rotatable bonds is 5. The van der Waals surface area contributed by atoms with Crippen LogP contribution < -0.4 is 5.32 Å². The van der Waals surface area contributed by atoms with Crippen LogP contribution in [0.2, 0.25) is 5.02 Å². The smallest absolute Gasteiger partial charge is 0.225 e. The van der Waals surface area contributed by atoms with Gasteiger partial charge in [-0.2, -0.15) is 0 Å². The molecule has 100 valence electrons. The number of thiophene rings is 1. The molecule has 0 aliphatic rings. The Morgan fingerprint density at radius 1 is 1.37 bits per heavy atom. The van der Waals surface area contributed by atoms with Crippen LogP contribution in [-0.2, 0) is 11.2 Å². The van der Waals surface area contributed by atoms with Crippen LogP contribution in [-0.4, -0.2) is 5.91 Å². The van der Waals surface area contributed by atoms with E-state index < -0.39 is 0 Å². The van der Waals surface area contributed by atoms with E-state index in [1.54, 1.807) is 11.3 Å². The number of benzene rings is 1. The van der Waals surface area contributed by atoms with Gasteiger partial charge in [-0.05, 0) is 35.6 Å². The molecule has 0 aliphatic carbocycles. The van der Waals surface area contributed by atoms with E-state index in [-0.39, 0.29) is 11.9 Å². The molecule has 1 atom stereocenters. The van der Waals surface area contributed by atoms with Gasteiger partial charge in [0.25, 0.3) is 0 Å². The molecule has 2 rings (SSSR count). The minimum Gasteiger partial charge on any atom is -0.349 e. The first-order valence-electron chi connectivity index (χ1n) is 6.26. The van der Waals surface area contributed by atoms with Crippen molar-refractivity contribution >= 4 is 28.8 Å². The third-order valence-corrected chi connectivity index (χ3v) is 4.02. The fraction of sp³-hybridized carbons (Fsp3) is 0.267. The number of hydrogen-bond acceptors (Lipinski definition) is 2. The number of hydrogen-bond donors (Lipinski definition) is 1. The summed E-state index contributed by atoms with van der Waals surface area (Å²) in [5, 5.41) is 5.74. The summed E-state index contributed by atoms with van der Waals surface area (Å²) >= 11 is 7.59. The summed E-state index contributed by atoms with van der Waals surface area (Å²) in [5.41, 5.74) is 1.05. The van der Waals surface area contributed by atoms with Crippen molar-refractivity contribution in [2.75, 3.05) is 0 Å². The van der Waals surface area contributed by atoms with Crippen molar-refractivity contribution in [3.05, 3.63) is 57.2 Å². The third kappa shape index (κ3) is 4.08. The first-order valence-corrected chi connectivity index (χ1v) is 7.52. The van der Waals surface area contributed by atoms with E-state index >= 15 is 0 Å². The van der Waals surface area contributed by atoms with E-state index in [2.05, 4.69) is 12.2 Å². The molecule has 1 amide bonds. The predicted octanol–water partition coefficient (Wildman–Crippen LogP) is 4.21. The van der Waals surface area contributed by atoms with Crippen LogP contribution in [0.5, 0.6) is 0 Å². The zero-order valence-corrected chi connectivity index (χ0v) is 12.3. The van der Waals surface area contributed by atoms with Gasteiger partial charge in [0.05, 0.1) is 12.5 Å². The normalized spacial score (nSPS) is 12.1. The van der Waals surface area contributed by atoms with Gasteiger partial charge in [0.15, 0.2) is 0 Å². The quantitative estimate of drug-likeness (QED) is 0.879. The molecular formula is C15H16ClNOS. The monoisotopic (exact) mass is 293 g/mol.